The summed E-state index contributed by atoms with van der Waals surface area (Å²) in [6.45, 7) is 1.93. The third-order valence-electron chi connectivity index (χ3n) is 5.30. The van der Waals surface area contributed by atoms with Crippen molar-refractivity contribution in [3.05, 3.63) is 52.5 Å². The first-order chi connectivity index (χ1) is 14.1. The number of aryl methyl sites for hydroxylation is 1. The fraction of sp³-hybridized carbons (Fsp3) is 0.409. The second kappa shape index (κ2) is 8.51. The summed E-state index contributed by atoms with van der Waals surface area (Å²) in [6, 6.07) is 9.00. The molecule has 1 saturated carbocycles. The number of benzene rings is 1. The zero-order valence-corrected chi connectivity index (χ0v) is 16.5. The molecular formula is C22H25N3O4. The number of nitrogens with zero attached hydrogens (tertiary/aromatic N) is 2. The molecule has 1 N–H and O–H groups in total. The standard InChI is InChI=1S/C22H25N3O4/c1-2-5-15-12-22(27)29-19-13-17(8-9-18(15)19)28-14-21(26)24-20-10-11-23-25(20)16-6-3-4-7-16/h8-13,16H,2-7,14H2,1H3,(H,24,26). The van der Waals surface area contributed by atoms with Crippen molar-refractivity contribution in [1.29, 1.82) is 0 Å². The molecule has 7 heteroatoms. The van der Waals surface area contributed by atoms with Gasteiger partial charge in [0, 0.05) is 23.6 Å². The first-order valence-corrected chi connectivity index (χ1v) is 10.2. The Morgan fingerprint density at radius 2 is 2.10 bits per heavy atom. The van der Waals surface area contributed by atoms with E-state index in [2.05, 4.69) is 17.3 Å². The number of aromatic nitrogens is 2. The summed E-state index contributed by atoms with van der Waals surface area (Å²) in [6.07, 6.45) is 8.01. The third-order valence-corrected chi connectivity index (χ3v) is 5.30. The lowest BCUT2D eigenvalue weighted by Crippen LogP contribution is -2.23. The maximum atomic E-state index is 12.4. The zero-order valence-electron chi connectivity index (χ0n) is 16.5. The second-order valence-corrected chi connectivity index (χ2v) is 7.43. The van der Waals surface area contributed by atoms with Gasteiger partial charge in [-0.25, -0.2) is 9.48 Å². The highest BCUT2D eigenvalue weighted by Gasteiger charge is 2.20. The van der Waals surface area contributed by atoms with E-state index in [0.717, 1.165) is 36.6 Å². The van der Waals surface area contributed by atoms with Crippen molar-refractivity contribution in [2.45, 2.75) is 51.5 Å². The number of fused-ring (bicyclic) bond motifs is 1. The molecule has 0 saturated heterocycles. The van der Waals surface area contributed by atoms with Gasteiger partial charge in [0.2, 0.25) is 0 Å². The van der Waals surface area contributed by atoms with E-state index in [-0.39, 0.29) is 18.1 Å². The molecule has 2 heterocycles. The largest absolute Gasteiger partial charge is 0.484 e. The smallest absolute Gasteiger partial charge is 0.336 e. The molecule has 2 aromatic heterocycles. The van der Waals surface area contributed by atoms with Crippen LogP contribution in [0.4, 0.5) is 5.82 Å². The van der Waals surface area contributed by atoms with E-state index < -0.39 is 0 Å². The van der Waals surface area contributed by atoms with Crippen LogP contribution in [-0.2, 0) is 11.2 Å². The van der Waals surface area contributed by atoms with Gasteiger partial charge in [-0.1, -0.05) is 26.2 Å². The summed E-state index contributed by atoms with van der Waals surface area (Å²) in [5.74, 6) is 0.916. The highest BCUT2D eigenvalue weighted by atomic mass is 16.5. The molecule has 4 rings (SSSR count). The molecule has 152 valence electrons. The molecular weight excluding hydrogens is 370 g/mol. The van der Waals surface area contributed by atoms with Crippen LogP contribution in [0.2, 0.25) is 0 Å². The van der Waals surface area contributed by atoms with Gasteiger partial charge in [-0.2, -0.15) is 5.10 Å². The lowest BCUT2D eigenvalue weighted by molar-refractivity contribution is -0.118. The Balaban J connectivity index is 1.42. The van der Waals surface area contributed by atoms with Crippen molar-refractivity contribution in [2.75, 3.05) is 11.9 Å². The molecule has 1 amide bonds. The summed E-state index contributed by atoms with van der Waals surface area (Å²) in [4.78, 5) is 24.2. The van der Waals surface area contributed by atoms with E-state index in [0.29, 0.717) is 23.2 Å². The topological polar surface area (TPSA) is 86.4 Å². The minimum absolute atomic E-state index is 0.139. The van der Waals surface area contributed by atoms with Gasteiger partial charge in [-0.05, 0) is 37.0 Å². The number of hydrogen-bond donors (Lipinski definition) is 1. The van der Waals surface area contributed by atoms with Crippen molar-refractivity contribution < 1.29 is 13.9 Å². The van der Waals surface area contributed by atoms with Gasteiger partial charge in [0.15, 0.2) is 6.61 Å². The Morgan fingerprint density at radius 1 is 1.28 bits per heavy atom. The lowest BCUT2D eigenvalue weighted by Gasteiger charge is -2.15. The summed E-state index contributed by atoms with van der Waals surface area (Å²) in [5, 5.41) is 8.12. The fourth-order valence-corrected chi connectivity index (χ4v) is 3.96. The monoisotopic (exact) mass is 395 g/mol. The molecule has 0 atom stereocenters. The SMILES string of the molecule is CCCc1cc(=O)oc2cc(OCC(=O)Nc3ccnn3C3CCCC3)ccc12. The molecule has 7 nitrogen and oxygen atoms in total. The van der Waals surface area contributed by atoms with Crippen LogP contribution in [0.15, 0.2) is 45.7 Å². The van der Waals surface area contributed by atoms with Gasteiger partial charge < -0.3 is 14.5 Å². The van der Waals surface area contributed by atoms with Crippen LogP contribution in [0, 0.1) is 0 Å². The number of ether oxygens (including phenoxy) is 1. The number of nitrogens with one attached hydrogen (secondary N) is 1. The number of hydrogen-bond acceptors (Lipinski definition) is 5. The minimum atomic E-state index is -0.379. The number of carbonyl (C=O) groups excluding carboxylic acids is 1. The summed E-state index contributed by atoms with van der Waals surface area (Å²) in [7, 11) is 0. The van der Waals surface area contributed by atoms with Gasteiger partial charge in [0.05, 0.1) is 12.2 Å². The van der Waals surface area contributed by atoms with E-state index in [1.54, 1.807) is 24.4 Å². The van der Waals surface area contributed by atoms with Crippen molar-refractivity contribution in [2.24, 2.45) is 0 Å². The van der Waals surface area contributed by atoms with Crippen LogP contribution in [0.3, 0.4) is 0 Å². The number of anilines is 1. The molecule has 0 radical (unpaired) electrons. The Hall–Kier alpha value is -3.09. The van der Waals surface area contributed by atoms with Crippen molar-refractivity contribution >= 4 is 22.7 Å². The summed E-state index contributed by atoms with van der Waals surface area (Å²) < 4.78 is 12.8. The van der Waals surface area contributed by atoms with Gasteiger partial charge in [0.25, 0.3) is 5.91 Å². The summed E-state index contributed by atoms with van der Waals surface area (Å²) >= 11 is 0. The average Bonchev–Trinajstić information content (AvgIpc) is 3.37. The average molecular weight is 395 g/mol. The normalized spacial score (nSPS) is 14.4. The van der Waals surface area contributed by atoms with E-state index in [4.69, 9.17) is 9.15 Å². The maximum absolute atomic E-state index is 12.4. The molecule has 0 spiro atoms. The Morgan fingerprint density at radius 3 is 2.90 bits per heavy atom. The molecule has 0 unspecified atom stereocenters. The lowest BCUT2D eigenvalue weighted by atomic mass is 10.1. The Labute approximate surface area is 168 Å². The molecule has 0 aliphatic heterocycles. The number of carbonyl (C=O) groups is 1. The van der Waals surface area contributed by atoms with Crippen LogP contribution in [0.25, 0.3) is 11.0 Å². The molecule has 0 bridgehead atoms. The predicted octanol–water partition coefficient (Wildman–Crippen LogP) is 4.07. The highest BCUT2D eigenvalue weighted by Crippen LogP contribution is 2.31. The van der Waals surface area contributed by atoms with E-state index in [1.807, 2.05) is 10.7 Å². The highest BCUT2D eigenvalue weighted by molar-refractivity contribution is 5.91. The fourth-order valence-electron chi connectivity index (χ4n) is 3.96. The molecule has 29 heavy (non-hydrogen) atoms. The van der Waals surface area contributed by atoms with Crippen LogP contribution < -0.4 is 15.7 Å². The number of amides is 1. The van der Waals surface area contributed by atoms with Crippen molar-refractivity contribution in [3.8, 4) is 5.75 Å². The van der Waals surface area contributed by atoms with Crippen LogP contribution in [-0.4, -0.2) is 22.3 Å². The Kier molecular flexibility index (Phi) is 5.64. The van der Waals surface area contributed by atoms with Crippen LogP contribution in [0.1, 0.15) is 50.6 Å². The molecule has 3 aromatic rings. The molecule has 1 fully saturated rings. The van der Waals surface area contributed by atoms with Gasteiger partial charge in [-0.3, -0.25) is 4.79 Å². The number of rotatable bonds is 7. The maximum Gasteiger partial charge on any atom is 0.336 e. The quantitative estimate of drug-likeness (QED) is 0.609. The second-order valence-electron chi connectivity index (χ2n) is 7.43. The van der Waals surface area contributed by atoms with Gasteiger partial charge >= 0.3 is 5.63 Å². The van der Waals surface area contributed by atoms with Gasteiger partial charge in [-0.15, -0.1) is 0 Å². The first-order valence-electron chi connectivity index (χ1n) is 10.2. The predicted molar refractivity (Wildman–Crippen MR) is 110 cm³/mol. The first kappa shape index (κ1) is 19.2. The summed E-state index contributed by atoms with van der Waals surface area (Å²) in [5.41, 5.74) is 1.05. The van der Waals surface area contributed by atoms with E-state index in [9.17, 15) is 9.59 Å². The minimum Gasteiger partial charge on any atom is -0.484 e. The van der Waals surface area contributed by atoms with Crippen molar-refractivity contribution in [3.63, 3.8) is 0 Å². The van der Waals surface area contributed by atoms with Crippen molar-refractivity contribution in [1.82, 2.24) is 9.78 Å². The van der Waals surface area contributed by atoms with Crippen LogP contribution >= 0.6 is 0 Å². The third kappa shape index (κ3) is 4.34. The molecule has 1 aromatic carbocycles. The molecule has 1 aliphatic carbocycles. The van der Waals surface area contributed by atoms with Gasteiger partial charge in [0.1, 0.15) is 17.2 Å². The van der Waals surface area contributed by atoms with E-state index in [1.165, 1.54) is 18.9 Å². The van der Waals surface area contributed by atoms with Crippen LogP contribution in [0.5, 0.6) is 5.75 Å². The Bertz CT molecular complexity index is 1060. The zero-order chi connectivity index (χ0) is 20.2. The van der Waals surface area contributed by atoms with E-state index >= 15 is 0 Å². The molecule has 1 aliphatic rings.